The second-order valence-electron chi connectivity index (χ2n) is 8.71. The molecule has 1 aliphatic rings. The fourth-order valence-electron chi connectivity index (χ4n) is 3.62. The van der Waals surface area contributed by atoms with Crippen LogP contribution in [0.3, 0.4) is 0 Å². The lowest BCUT2D eigenvalue weighted by Gasteiger charge is -2.26. The SMILES string of the molecule is CC(C)CCc1sc(NC(=O)c2cc([N+](=O)[O-])cn2C)nc1CC(=O)NCCN1CCOCC1. The average Bonchev–Trinajstić information content (AvgIpc) is 3.36. The van der Waals surface area contributed by atoms with Gasteiger partial charge in [-0.2, -0.15) is 0 Å². The summed E-state index contributed by atoms with van der Waals surface area (Å²) in [4.78, 5) is 43.4. The topological polar surface area (TPSA) is 132 Å². The van der Waals surface area contributed by atoms with E-state index in [-0.39, 0.29) is 23.7 Å². The maximum atomic E-state index is 12.7. The molecule has 0 saturated carbocycles. The van der Waals surface area contributed by atoms with Gasteiger partial charge in [0.1, 0.15) is 5.69 Å². The number of carbonyl (C=O) groups is 2. The Morgan fingerprint density at radius 2 is 2.06 bits per heavy atom. The summed E-state index contributed by atoms with van der Waals surface area (Å²) in [7, 11) is 1.57. The number of nitrogens with zero attached hydrogens (tertiary/aromatic N) is 4. The predicted octanol–water partition coefficient (Wildman–Crippen LogP) is 2.22. The van der Waals surface area contributed by atoms with E-state index in [1.54, 1.807) is 7.05 Å². The highest BCUT2D eigenvalue weighted by molar-refractivity contribution is 7.15. The van der Waals surface area contributed by atoms with Gasteiger partial charge in [0.05, 0.1) is 36.4 Å². The monoisotopic (exact) mass is 492 g/mol. The molecule has 3 rings (SSSR count). The van der Waals surface area contributed by atoms with E-state index < -0.39 is 10.8 Å². The van der Waals surface area contributed by atoms with E-state index in [0.717, 1.165) is 50.6 Å². The molecule has 2 amide bonds. The Morgan fingerprint density at radius 1 is 1.32 bits per heavy atom. The summed E-state index contributed by atoms with van der Waals surface area (Å²) in [6.45, 7) is 8.77. The Morgan fingerprint density at radius 3 is 2.71 bits per heavy atom. The maximum absolute atomic E-state index is 12.7. The Labute approximate surface area is 202 Å². The van der Waals surface area contributed by atoms with Crippen LogP contribution in [-0.2, 0) is 29.4 Å². The lowest BCUT2D eigenvalue weighted by molar-refractivity contribution is -0.384. The molecule has 0 spiro atoms. The molecule has 2 aromatic rings. The van der Waals surface area contributed by atoms with Gasteiger partial charge in [-0.25, -0.2) is 4.98 Å². The third kappa shape index (κ3) is 7.34. The first kappa shape index (κ1) is 25.8. The van der Waals surface area contributed by atoms with Crippen molar-refractivity contribution in [3.05, 3.63) is 38.6 Å². The molecule has 2 N–H and O–H groups in total. The molecule has 34 heavy (non-hydrogen) atoms. The largest absolute Gasteiger partial charge is 0.379 e. The number of aromatic nitrogens is 2. The molecule has 186 valence electrons. The van der Waals surface area contributed by atoms with Crippen molar-refractivity contribution in [2.45, 2.75) is 33.1 Å². The number of anilines is 1. The average molecular weight is 493 g/mol. The van der Waals surface area contributed by atoms with Gasteiger partial charge in [-0.05, 0) is 18.8 Å². The highest BCUT2D eigenvalue weighted by Crippen LogP contribution is 2.27. The molecule has 12 heteroatoms. The quantitative estimate of drug-likeness (QED) is 0.363. The lowest BCUT2D eigenvalue weighted by atomic mass is 10.1. The molecule has 0 bridgehead atoms. The molecular formula is C22H32N6O5S. The number of thiazole rings is 1. The van der Waals surface area contributed by atoms with E-state index in [0.29, 0.717) is 23.3 Å². The number of ether oxygens (including phenoxy) is 1. The van der Waals surface area contributed by atoms with Gasteiger partial charge < -0.3 is 14.6 Å². The first-order chi connectivity index (χ1) is 16.2. The second-order valence-corrected chi connectivity index (χ2v) is 9.79. The molecule has 0 aliphatic carbocycles. The number of carbonyl (C=O) groups excluding carboxylic acids is 2. The van der Waals surface area contributed by atoms with Gasteiger partial charge in [0.2, 0.25) is 5.91 Å². The molecule has 1 aliphatic heterocycles. The number of nitro groups is 1. The van der Waals surface area contributed by atoms with E-state index in [4.69, 9.17) is 4.74 Å². The summed E-state index contributed by atoms with van der Waals surface area (Å²) >= 11 is 1.34. The number of hydrogen-bond donors (Lipinski definition) is 2. The van der Waals surface area contributed by atoms with E-state index >= 15 is 0 Å². The zero-order chi connectivity index (χ0) is 24.7. The fraction of sp³-hybridized carbons (Fsp3) is 0.591. The fourth-order valence-corrected chi connectivity index (χ4v) is 4.61. The standard InChI is InChI=1S/C22H32N6O5S/c1-15(2)4-5-19-17(13-20(29)23-6-7-27-8-10-33-11-9-27)24-22(34-19)25-21(30)18-12-16(28(31)32)14-26(18)3/h12,14-15H,4-11,13H2,1-3H3,(H,23,29)(H,24,25,30). The maximum Gasteiger partial charge on any atom is 0.287 e. The van der Waals surface area contributed by atoms with Crippen LogP contribution in [0.15, 0.2) is 12.3 Å². The molecule has 2 aromatic heterocycles. The number of aryl methyl sites for hydroxylation is 2. The minimum atomic E-state index is -0.542. The molecular weight excluding hydrogens is 460 g/mol. The third-order valence-corrected chi connectivity index (χ3v) is 6.64. The van der Waals surface area contributed by atoms with E-state index in [1.807, 2.05) is 0 Å². The van der Waals surface area contributed by atoms with Gasteiger partial charge in [0.15, 0.2) is 5.13 Å². The van der Waals surface area contributed by atoms with Crippen molar-refractivity contribution in [3.8, 4) is 0 Å². The molecule has 1 saturated heterocycles. The van der Waals surface area contributed by atoms with Crippen molar-refractivity contribution >= 4 is 34.0 Å². The van der Waals surface area contributed by atoms with Crippen LogP contribution in [0.5, 0.6) is 0 Å². The van der Waals surface area contributed by atoms with Crippen LogP contribution in [0.1, 0.15) is 41.3 Å². The molecule has 11 nitrogen and oxygen atoms in total. The summed E-state index contributed by atoms with van der Waals surface area (Å²) in [5, 5.41) is 17.1. The first-order valence-electron chi connectivity index (χ1n) is 11.4. The van der Waals surface area contributed by atoms with Gasteiger partial charge in [-0.3, -0.25) is 29.9 Å². The zero-order valence-corrected chi connectivity index (χ0v) is 20.7. The van der Waals surface area contributed by atoms with Crippen molar-refractivity contribution < 1.29 is 19.2 Å². The minimum Gasteiger partial charge on any atom is -0.379 e. The summed E-state index contributed by atoms with van der Waals surface area (Å²) in [5.74, 6) is -0.110. The highest BCUT2D eigenvalue weighted by Gasteiger charge is 2.21. The van der Waals surface area contributed by atoms with Crippen molar-refractivity contribution in [3.63, 3.8) is 0 Å². The van der Waals surface area contributed by atoms with Gasteiger partial charge in [-0.1, -0.05) is 13.8 Å². The first-order valence-corrected chi connectivity index (χ1v) is 12.2. The third-order valence-electron chi connectivity index (χ3n) is 5.56. The molecule has 0 atom stereocenters. The second kappa shape index (κ2) is 12.0. The molecule has 3 heterocycles. The Kier molecular flexibility index (Phi) is 9.13. The van der Waals surface area contributed by atoms with Crippen LogP contribution in [0.4, 0.5) is 10.8 Å². The number of morpholine rings is 1. The van der Waals surface area contributed by atoms with E-state index in [1.165, 1.54) is 28.2 Å². The van der Waals surface area contributed by atoms with Crippen LogP contribution < -0.4 is 10.6 Å². The van der Waals surface area contributed by atoms with E-state index in [2.05, 4.69) is 34.4 Å². The van der Waals surface area contributed by atoms with Gasteiger partial charge in [0.25, 0.3) is 11.6 Å². The summed E-state index contributed by atoms with van der Waals surface area (Å²) < 4.78 is 6.74. The van der Waals surface area contributed by atoms with Crippen LogP contribution in [0, 0.1) is 16.0 Å². The normalized spacial score (nSPS) is 14.4. The van der Waals surface area contributed by atoms with Gasteiger partial charge >= 0.3 is 0 Å². The number of nitrogens with one attached hydrogen (secondary N) is 2. The molecule has 0 unspecified atom stereocenters. The van der Waals surface area contributed by atoms with Gasteiger partial charge in [0, 0.05) is 44.2 Å². The van der Waals surface area contributed by atoms with Crippen molar-refractivity contribution in [2.24, 2.45) is 13.0 Å². The molecule has 0 radical (unpaired) electrons. The van der Waals surface area contributed by atoms with Crippen molar-refractivity contribution in [1.29, 1.82) is 0 Å². The predicted molar refractivity (Wildman–Crippen MR) is 129 cm³/mol. The van der Waals surface area contributed by atoms with Crippen LogP contribution in [0.2, 0.25) is 0 Å². The number of amides is 2. The highest BCUT2D eigenvalue weighted by atomic mass is 32.1. The molecule has 1 fully saturated rings. The number of rotatable bonds is 11. The Bertz CT molecular complexity index is 1010. The summed E-state index contributed by atoms with van der Waals surface area (Å²) in [6, 6.07) is 1.23. The number of hydrogen-bond acceptors (Lipinski definition) is 8. The summed E-state index contributed by atoms with van der Waals surface area (Å²) in [5.41, 5.74) is 0.662. The zero-order valence-electron chi connectivity index (χ0n) is 19.8. The van der Waals surface area contributed by atoms with E-state index in [9.17, 15) is 19.7 Å². The van der Waals surface area contributed by atoms with Crippen LogP contribution in [0.25, 0.3) is 0 Å². The summed E-state index contributed by atoms with van der Waals surface area (Å²) in [6.07, 6.45) is 3.12. The molecule has 0 aromatic carbocycles. The van der Waals surface area contributed by atoms with Crippen LogP contribution in [-0.4, -0.2) is 70.6 Å². The van der Waals surface area contributed by atoms with Crippen molar-refractivity contribution in [1.82, 2.24) is 19.8 Å². The smallest absolute Gasteiger partial charge is 0.287 e. The van der Waals surface area contributed by atoms with Crippen molar-refractivity contribution in [2.75, 3.05) is 44.7 Å². The van der Waals surface area contributed by atoms with Crippen LogP contribution >= 0.6 is 11.3 Å². The Balaban J connectivity index is 1.63. The Hall–Kier alpha value is -2.83. The lowest BCUT2D eigenvalue weighted by Crippen LogP contribution is -2.41. The minimum absolute atomic E-state index is 0.111. The van der Waals surface area contributed by atoms with Gasteiger partial charge in [-0.15, -0.1) is 11.3 Å².